The standard InChI is InChI=1S/C26H31ClN4O4S/c1-17-15-21(24(32)30(3)4)6-5-19(17)9-14-36(34,35)31-12-10-26(11-13-31)25(33)28-23(29-26)20-7-8-22(27)18(2)16-20/h5-8,15-16H,9-14H2,1-4H3,(H,28,29,33). The second kappa shape index (κ2) is 9.95. The average molecular weight is 531 g/mol. The molecular formula is C26H31ClN4O4S. The number of aliphatic imine (C=N–C) groups is 1. The lowest BCUT2D eigenvalue weighted by atomic mass is 9.89. The molecule has 2 amide bonds. The van der Waals surface area contributed by atoms with Crippen molar-refractivity contribution in [2.75, 3.05) is 32.9 Å². The zero-order valence-corrected chi connectivity index (χ0v) is 22.5. The van der Waals surface area contributed by atoms with Gasteiger partial charge in [0.2, 0.25) is 10.0 Å². The number of benzene rings is 2. The summed E-state index contributed by atoms with van der Waals surface area (Å²) >= 11 is 6.12. The molecule has 10 heteroatoms. The quantitative estimate of drug-likeness (QED) is 0.620. The Labute approximate surface area is 217 Å². The number of hydrogen-bond donors (Lipinski definition) is 1. The van der Waals surface area contributed by atoms with Crippen molar-refractivity contribution in [1.29, 1.82) is 0 Å². The van der Waals surface area contributed by atoms with Gasteiger partial charge in [0, 0.05) is 43.3 Å². The minimum absolute atomic E-state index is 0.0351. The Morgan fingerprint density at radius 2 is 1.81 bits per heavy atom. The minimum Gasteiger partial charge on any atom is -0.345 e. The Hall–Kier alpha value is -2.75. The fourth-order valence-corrected chi connectivity index (χ4v) is 6.25. The molecule has 1 N–H and O–H groups in total. The van der Waals surface area contributed by atoms with Gasteiger partial charge in [0.25, 0.3) is 11.8 Å². The molecule has 192 valence electrons. The van der Waals surface area contributed by atoms with E-state index >= 15 is 0 Å². The van der Waals surface area contributed by atoms with Crippen LogP contribution in [0.25, 0.3) is 0 Å². The van der Waals surface area contributed by atoms with E-state index in [-0.39, 0.29) is 30.7 Å². The summed E-state index contributed by atoms with van der Waals surface area (Å²) in [5.41, 5.74) is 3.09. The highest BCUT2D eigenvalue weighted by molar-refractivity contribution is 7.89. The lowest BCUT2D eigenvalue weighted by Crippen LogP contribution is -2.50. The molecule has 1 fully saturated rings. The van der Waals surface area contributed by atoms with Gasteiger partial charge < -0.3 is 10.2 Å². The Kier molecular flexibility index (Phi) is 7.28. The van der Waals surface area contributed by atoms with Gasteiger partial charge in [-0.1, -0.05) is 17.7 Å². The van der Waals surface area contributed by atoms with E-state index in [2.05, 4.69) is 5.32 Å². The normalized spacial score (nSPS) is 17.7. The Balaban J connectivity index is 1.41. The van der Waals surface area contributed by atoms with Crippen LogP contribution in [0.15, 0.2) is 41.4 Å². The Morgan fingerprint density at radius 1 is 1.11 bits per heavy atom. The van der Waals surface area contributed by atoms with Crippen molar-refractivity contribution in [3.63, 3.8) is 0 Å². The number of rotatable bonds is 6. The zero-order chi connectivity index (χ0) is 26.3. The highest BCUT2D eigenvalue weighted by atomic mass is 35.5. The lowest BCUT2D eigenvalue weighted by Gasteiger charge is -2.34. The summed E-state index contributed by atoms with van der Waals surface area (Å²) < 4.78 is 27.6. The van der Waals surface area contributed by atoms with Gasteiger partial charge in [-0.05, 0) is 80.1 Å². The van der Waals surface area contributed by atoms with E-state index in [1.54, 1.807) is 32.3 Å². The third-order valence-corrected chi connectivity index (χ3v) is 9.28. The molecule has 2 aromatic carbocycles. The van der Waals surface area contributed by atoms with Gasteiger partial charge in [-0.2, -0.15) is 0 Å². The van der Waals surface area contributed by atoms with Crippen LogP contribution in [0.5, 0.6) is 0 Å². The van der Waals surface area contributed by atoms with Gasteiger partial charge in [0.15, 0.2) is 0 Å². The van der Waals surface area contributed by atoms with Gasteiger partial charge in [-0.25, -0.2) is 12.7 Å². The molecule has 4 rings (SSSR count). The third kappa shape index (κ3) is 5.19. The maximum absolute atomic E-state index is 13.1. The van der Waals surface area contributed by atoms with Crippen molar-refractivity contribution in [3.05, 3.63) is 69.2 Å². The van der Waals surface area contributed by atoms with E-state index in [1.165, 1.54) is 9.21 Å². The number of amides is 2. The number of hydrogen-bond acceptors (Lipinski definition) is 5. The largest absolute Gasteiger partial charge is 0.345 e. The number of aryl methyl sites for hydroxylation is 3. The first-order chi connectivity index (χ1) is 16.9. The number of sulfonamides is 1. The summed E-state index contributed by atoms with van der Waals surface area (Å²) in [5, 5.41) is 3.52. The molecule has 1 saturated heterocycles. The Morgan fingerprint density at radius 3 is 2.42 bits per heavy atom. The summed E-state index contributed by atoms with van der Waals surface area (Å²) in [6, 6.07) is 10.8. The number of halogens is 1. The predicted molar refractivity (Wildman–Crippen MR) is 141 cm³/mol. The number of carbonyl (C=O) groups is 2. The summed E-state index contributed by atoms with van der Waals surface area (Å²) in [4.78, 5) is 31.3. The number of carbonyl (C=O) groups excluding carboxylic acids is 2. The molecule has 0 atom stereocenters. The van der Waals surface area contributed by atoms with Crippen LogP contribution in [0.3, 0.4) is 0 Å². The first kappa shape index (κ1) is 26.3. The van der Waals surface area contributed by atoms with Crippen LogP contribution in [0.4, 0.5) is 0 Å². The highest BCUT2D eigenvalue weighted by Crippen LogP contribution is 2.32. The molecule has 8 nitrogen and oxygen atoms in total. The SMILES string of the molecule is Cc1cc(C2=NC3(CCN(S(=O)(=O)CCc4ccc(C(=O)N(C)C)cc4C)CC3)C(=O)N2)ccc1Cl. The minimum atomic E-state index is -3.51. The van der Waals surface area contributed by atoms with Crippen LogP contribution in [0, 0.1) is 13.8 Å². The van der Waals surface area contributed by atoms with E-state index in [0.29, 0.717) is 35.7 Å². The van der Waals surface area contributed by atoms with Gasteiger partial charge in [0.1, 0.15) is 11.4 Å². The fraction of sp³-hybridized carbons (Fsp3) is 0.423. The molecule has 0 radical (unpaired) electrons. The van der Waals surface area contributed by atoms with Crippen molar-refractivity contribution >= 4 is 39.3 Å². The Bertz CT molecular complexity index is 1350. The smallest absolute Gasteiger partial charge is 0.253 e. The van der Waals surface area contributed by atoms with Crippen LogP contribution in [-0.4, -0.2) is 73.7 Å². The molecule has 2 aliphatic rings. The molecule has 0 unspecified atom stereocenters. The number of amidine groups is 1. The maximum Gasteiger partial charge on any atom is 0.253 e. The van der Waals surface area contributed by atoms with Crippen LogP contribution < -0.4 is 5.32 Å². The van der Waals surface area contributed by atoms with Crippen molar-refractivity contribution < 1.29 is 18.0 Å². The molecular weight excluding hydrogens is 500 g/mol. The molecule has 0 aliphatic carbocycles. The summed E-state index contributed by atoms with van der Waals surface area (Å²) in [6.07, 6.45) is 1.01. The monoisotopic (exact) mass is 530 g/mol. The van der Waals surface area contributed by atoms with Crippen molar-refractivity contribution in [2.24, 2.45) is 4.99 Å². The van der Waals surface area contributed by atoms with E-state index < -0.39 is 15.6 Å². The first-order valence-electron chi connectivity index (χ1n) is 11.9. The fourth-order valence-electron chi connectivity index (χ4n) is 4.65. The van der Waals surface area contributed by atoms with Gasteiger partial charge >= 0.3 is 0 Å². The maximum atomic E-state index is 13.1. The van der Waals surface area contributed by atoms with Crippen LogP contribution in [0.1, 0.15) is 45.5 Å². The lowest BCUT2D eigenvalue weighted by molar-refractivity contribution is -0.124. The number of nitrogens with zero attached hydrogens (tertiary/aromatic N) is 3. The van der Waals surface area contributed by atoms with E-state index in [4.69, 9.17) is 16.6 Å². The van der Waals surface area contributed by atoms with Crippen molar-refractivity contribution in [2.45, 2.75) is 38.6 Å². The van der Waals surface area contributed by atoms with Crippen molar-refractivity contribution in [3.8, 4) is 0 Å². The van der Waals surface area contributed by atoms with Crippen LogP contribution in [-0.2, 0) is 21.2 Å². The average Bonchev–Trinajstić information content (AvgIpc) is 3.15. The van der Waals surface area contributed by atoms with E-state index in [9.17, 15) is 18.0 Å². The molecule has 0 bridgehead atoms. The van der Waals surface area contributed by atoms with Gasteiger partial charge in [-0.3, -0.25) is 14.6 Å². The zero-order valence-electron chi connectivity index (χ0n) is 21.0. The van der Waals surface area contributed by atoms with Gasteiger partial charge in [-0.15, -0.1) is 0 Å². The topological polar surface area (TPSA) is 99.2 Å². The molecule has 2 aliphatic heterocycles. The highest BCUT2D eigenvalue weighted by Gasteiger charge is 2.47. The molecule has 0 aromatic heterocycles. The molecule has 0 saturated carbocycles. The molecule has 2 aromatic rings. The first-order valence-corrected chi connectivity index (χ1v) is 13.9. The van der Waals surface area contributed by atoms with Crippen LogP contribution >= 0.6 is 11.6 Å². The predicted octanol–water partition coefficient (Wildman–Crippen LogP) is 2.94. The molecule has 36 heavy (non-hydrogen) atoms. The molecule has 2 heterocycles. The second-order valence-corrected chi connectivity index (χ2v) is 12.2. The number of piperidine rings is 1. The summed E-state index contributed by atoms with van der Waals surface area (Å²) in [6.45, 7) is 4.25. The van der Waals surface area contributed by atoms with E-state index in [1.807, 2.05) is 32.0 Å². The second-order valence-electron chi connectivity index (χ2n) is 9.72. The molecule has 1 spiro atoms. The third-order valence-electron chi connectivity index (χ3n) is 6.98. The number of nitrogens with one attached hydrogen (secondary N) is 1. The van der Waals surface area contributed by atoms with Crippen LogP contribution in [0.2, 0.25) is 5.02 Å². The van der Waals surface area contributed by atoms with Gasteiger partial charge in [0.05, 0.1) is 5.75 Å². The van der Waals surface area contributed by atoms with E-state index in [0.717, 1.165) is 22.3 Å². The summed E-state index contributed by atoms with van der Waals surface area (Å²) in [5.74, 6) is 0.187. The van der Waals surface area contributed by atoms with Crippen molar-refractivity contribution in [1.82, 2.24) is 14.5 Å². The summed E-state index contributed by atoms with van der Waals surface area (Å²) in [7, 11) is -0.124.